The normalized spacial score (nSPS) is 14.0. The zero-order chi connectivity index (χ0) is 17.7. The summed E-state index contributed by atoms with van der Waals surface area (Å²) in [5, 5.41) is 19.2. The molecule has 0 saturated carbocycles. The second-order valence-corrected chi connectivity index (χ2v) is 6.96. The first-order valence-electron chi connectivity index (χ1n) is 7.89. The van der Waals surface area contributed by atoms with Crippen LogP contribution in [0.2, 0.25) is 0 Å². The maximum absolute atomic E-state index is 13.4. The van der Waals surface area contributed by atoms with Gasteiger partial charge in [0.1, 0.15) is 5.82 Å². The standard InChI is InChI=1S/C19H23BrFNO2/c1-22(2)19(10-3-11-23,15-4-7-17(21)8-5-15)18-9-6-16(20)12-14(18)13-24/h4-9,12,23-24H,3,10-11,13H2,1-2H3. The highest BCUT2D eigenvalue weighted by molar-refractivity contribution is 9.10. The van der Waals surface area contributed by atoms with E-state index in [1.807, 2.05) is 32.3 Å². The first-order chi connectivity index (χ1) is 11.5. The summed E-state index contributed by atoms with van der Waals surface area (Å²) in [4.78, 5) is 2.07. The fraction of sp³-hybridized carbons (Fsp3) is 0.368. The number of nitrogens with zero attached hydrogens (tertiary/aromatic N) is 1. The summed E-state index contributed by atoms with van der Waals surface area (Å²) in [6, 6.07) is 12.3. The number of hydrogen-bond donors (Lipinski definition) is 2. The molecule has 0 aromatic heterocycles. The van der Waals surface area contributed by atoms with Crippen molar-refractivity contribution < 1.29 is 14.6 Å². The molecule has 2 N–H and O–H groups in total. The van der Waals surface area contributed by atoms with E-state index < -0.39 is 5.54 Å². The third-order valence-electron chi connectivity index (χ3n) is 4.47. The Kier molecular flexibility index (Phi) is 6.52. The van der Waals surface area contributed by atoms with Crippen molar-refractivity contribution in [3.63, 3.8) is 0 Å². The summed E-state index contributed by atoms with van der Waals surface area (Å²) < 4.78 is 14.3. The van der Waals surface area contributed by atoms with Crippen LogP contribution in [0.4, 0.5) is 4.39 Å². The molecule has 0 aliphatic carbocycles. The van der Waals surface area contributed by atoms with E-state index in [9.17, 15) is 14.6 Å². The highest BCUT2D eigenvalue weighted by Gasteiger charge is 2.37. The highest BCUT2D eigenvalue weighted by Crippen LogP contribution is 2.41. The number of aliphatic hydroxyl groups is 2. The minimum atomic E-state index is -0.560. The molecule has 0 heterocycles. The van der Waals surface area contributed by atoms with E-state index >= 15 is 0 Å². The molecule has 0 bridgehead atoms. The number of aliphatic hydroxyl groups excluding tert-OH is 2. The molecule has 2 rings (SSSR count). The molecular weight excluding hydrogens is 373 g/mol. The van der Waals surface area contributed by atoms with Gasteiger partial charge in [-0.25, -0.2) is 4.39 Å². The second kappa shape index (κ2) is 8.21. The Labute approximate surface area is 150 Å². The average Bonchev–Trinajstić information content (AvgIpc) is 2.57. The lowest BCUT2D eigenvalue weighted by Crippen LogP contribution is -2.43. The van der Waals surface area contributed by atoms with E-state index in [0.717, 1.165) is 21.2 Å². The minimum Gasteiger partial charge on any atom is -0.396 e. The van der Waals surface area contributed by atoms with E-state index in [1.165, 1.54) is 12.1 Å². The SMILES string of the molecule is CN(C)C(CCCO)(c1ccc(F)cc1)c1ccc(Br)cc1CO. The average molecular weight is 396 g/mol. The first-order valence-corrected chi connectivity index (χ1v) is 8.69. The lowest BCUT2D eigenvalue weighted by atomic mass is 9.76. The van der Waals surface area contributed by atoms with Crippen LogP contribution in [0, 0.1) is 5.82 Å². The molecule has 130 valence electrons. The van der Waals surface area contributed by atoms with Crippen LogP contribution in [0.3, 0.4) is 0 Å². The van der Waals surface area contributed by atoms with Gasteiger partial charge in [-0.15, -0.1) is 0 Å². The van der Waals surface area contributed by atoms with E-state index in [4.69, 9.17) is 0 Å². The summed E-state index contributed by atoms with van der Waals surface area (Å²) >= 11 is 3.45. The van der Waals surface area contributed by atoms with Crippen molar-refractivity contribution in [1.29, 1.82) is 0 Å². The van der Waals surface area contributed by atoms with Gasteiger partial charge in [0.05, 0.1) is 12.1 Å². The molecule has 0 aliphatic rings. The fourth-order valence-corrected chi connectivity index (χ4v) is 3.72. The molecule has 0 spiro atoms. The van der Waals surface area contributed by atoms with Gasteiger partial charge < -0.3 is 10.2 Å². The molecule has 0 amide bonds. The maximum Gasteiger partial charge on any atom is 0.123 e. The topological polar surface area (TPSA) is 43.7 Å². The van der Waals surface area contributed by atoms with Gasteiger partial charge >= 0.3 is 0 Å². The molecule has 1 atom stereocenters. The second-order valence-electron chi connectivity index (χ2n) is 6.05. The Morgan fingerprint density at radius 1 is 1.08 bits per heavy atom. The smallest absolute Gasteiger partial charge is 0.123 e. The van der Waals surface area contributed by atoms with Crippen LogP contribution in [0.1, 0.15) is 29.5 Å². The monoisotopic (exact) mass is 395 g/mol. The maximum atomic E-state index is 13.4. The number of halogens is 2. The Morgan fingerprint density at radius 3 is 2.29 bits per heavy atom. The van der Waals surface area contributed by atoms with Gasteiger partial charge in [-0.2, -0.15) is 0 Å². The van der Waals surface area contributed by atoms with Crippen molar-refractivity contribution in [1.82, 2.24) is 4.90 Å². The molecule has 2 aromatic rings. The molecule has 0 aliphatic heterocycles. The Morgan fingerprint density at radius 2 is 1.75 bits per heavy atom. The zero-order valence-electron chi connectivity index (χ0n) is 14.0. The Bertz CT molecular complexity index is 676. The zero-order valence-corrected chi connectivity index (χ0v) is 15.6. The van der Waals surface area contributed by atoms with Crippen molar-refractivity contribution in [3.8, 4) is 0 Å². The van der Waals surface area contributed by atoms with Gasteiger partial charge in [-0.3, -0.25) is 4.90 Å². The first kappa shape index (κ1) is 19.1. The molecule has 2 aromatic carbocycles. The summed E-state index contributed by atoms with van der Waals surface area (Å²) in [6.07, 6.45) is 1.24. The predicted octanol–water partition coefficient (Wildman–Crippen LogP) is 3.66. The fourth-order valence-electron chi connectivity index (χ4n) is 3.31. The van der Waals surface area contributed by atoms with Crippen LogP contribution in [-0.2, 0) is 12.1 Å². The van der Waals surface area contributed by atoms with Crippen LogP contribution >= 0.6 is 15.9 Å². The van der Waals surface area contributed by atoms with Crippen LogP contribution in [0.25, 0.3) is 0 Å². The molecule has 24 heavy (non-hydrogen) atoms. The number of benzene rings is 2. The summed E-state index contributed by atoms with van der Waals surface area (Å²) in [5.41, 5.74) is 2.13. The van der Waals surface area contributed by atoms with Crippen LogP contribution in [0.5, 0.6) is 0 Å². The molecule has 0 saturated heterocycles. The molecule has 3 nitrogen and oxygen atoms in total. The van der Waals surface area contributed by atoms with Crippen LogP contribution in [0.15, 0.2) is 46.9 Å². The lowest BCUT2D eigenvalue weighted by molar-refractivity contribution is 0.161. The van der Waals surface area contributed by atoms with E-state index in [1.54, 1.807) is 12.1 Å². The Hall–Kier alpha value is -1.27. The van der Waals surface area contributed by atoms with E-state index in [0.29, 0.717) is 12.8 Å². The van der Waals surface area contributed by atoms with Gasteiger partial charge in [0.15, 0.2) is 0 Å². The van der Waals surface area contributed by atoms with E-state index in [2.05, 4.69) is 20.8 Å². The van der Waals surface area contributed by atoms with Crippen molar-refractivity contribution >= 4 is 15.9 Å². The lowest BCUT2D eigenvalue weighted by Gasteiger charge is -2.42. The highest BCUT2D eigenvalue weighted by atomic mass is 79.9. The molecule has 1 unspecified atom stereocenters. The summed E-state index contributed by atoms with van der Waals surface area (Å²) in [7, 11) is 3.92. The van der Waals surface area contributed by atoms with Crippen LogP contribution in [-0.4, -0.2) is 35.8 Å². The quantitative estimate of drug-likeness (QED) is 0.751. The number of hydrogen-bond acceptors (Lipinski definition) is 3. The van der Waals surface area contributed by atoms with Gasteiger partial charge in [0, 0.05) is 11.1 Å². The Balaban J connectivity index is 2.71. The molecule has 5 heteroatoms. The third kappa shape index (κ3) is 3.70. The van der Waals surface area contributed by atoms with Gasteiger partial charge in [-0.1, -0.05) is 34.1 Å². The summed E-state index contributed by atoms with van der Waals surface area (Å²) in [5.74, 6) is -0.285. The van der Waals surface area contributed by atoms with Crippen molar-refractivity contribution in [2.75, 3.05) is 20.7 Å². The third-order valence-corrected chi connectivity index (χ3v) is 4.96. The van der Waals surface area contributed by atoms with Gasteiger partial charge in [0.25, 0.3) is 0 Å². The number of rotatable bonds is 7. The van der Waals surface area contributed by atoms with Crippen LogP contribution < -0.4 is 0 Å². The largest absolute Gasteiger partial charge is 0.396 e. The predicted molar refractivity (Wildman–Crippen MR) is 97.3 cm³/mol. The molecular formula is C19H23BrFNO2. The van der Waals surface area contributed by atoms with Crippen molar-refractivity contribution in [2.45, 2.75) is 25.0 Å². The van der Waals surface area contributed by atoms with Crippen molar-refractivity contribution in [2.24, 2.45) is 0 Å². The minimum absolute atomic E-state index is 0.0712. The van der Waals surface area contributed by atoms with Crippen molar-refractivity contribution in [3.05, 3.63) is 69.4 Å². The van der Waals surface area contributed by atoms with Gasteiger partial charge in [-0.05, 0) is 67.9 Å². The van der Waals surface area contributed by atoms with Gasteiger partial charge in [0.2, 0.25) is 0 Å². The van der Waals surface area contributed by atoms with E-state index in [-0.39, 0.29) is 19.0 Å². The molecule has 0 radical (unpaired) electrons. The summed E-state index contributed by atoms with van der Waals surface area (Å²) in [6.45, 7) is -0.0214. The molecule has 0 fully saturated rings.